The van der Waals surface area contributed by atoms with E-state index in [1.807, 2.05) is 32.8 Å². The van der Waals surface area contributed by atoms with Crippen LogP contribution in [-0.4, -0.2) is 67.3 Å². The Labute approximate surface area is 158 Å². The number of nitrogens with zero attached hydrogens (tertiary/aromatic N) is 1. The Morgan fingerprint density at radius 1 is 1.08 bits per heavy atom. The smallest absolute Gasteiger partial charge is 0.311 e. The van der Waals surface area contributed by atoms with E-state index in [4.69, 9.17) is 14.2 Å². The van der Waals surface area contributed by atoms with Crippen LogP contribution in [0.3, 0.4) is 0 Å². The van der Waals surface area contributed by atoms with Crippen LogP contribution in [0.15, 0.2) is 0 Å². The highest BCUT2D eigenvalue weighted by Crippen LogP contribution is 2.28. The molecule has 1 N–H and O–H groups in total. The highest BCUT2D eigenvalue weighted by molar-refractivity contribution is 5.72. The Hall–Kier alpha value is -0.690. The summed E-state index contributed by atoms with van der Waals surface area (Å²) in [6.45, 7) is 4.34. The van der Waals surface area contributed by atoms with Gasteiger partial charge in [-0.15, -0.1) is 0 Å². The van der Waals surface area contributed by atoms with E-state index in [0.717, 1.165) is 38.5 Å². The minimum atomic E-state index is -0.731. The second-order valence-corrected chi connectivity index (χ2v) is 8.11. The van der Waals surface area contributed by atoms with E-state index >= 15 is 0 Å². The fourth-order valence-corrected chi connectivity index (χ4v) is 3.87. The van der Waals surface area contributed by atoms with Crippen LogP contribution in [0.4, 0.5) is 0 Å². The van der Waals surface area contributed by atoms with Crippen molar-refractivity contribution in [3.63, 3.8) is 0 Å². The predicted octanol–water partition coefficient (Wildman–Crippen LogP) is 2.72. The first-order valence-corrected chi connectivity index (χ1v) is 10.2. The quantitative estimate of drug-likeness (QED) is 0.770. The molecular formula is C20H37NO5. The summed E-state index contributed by atoms with van der Waals surface area (Å²) < 4.78 is 17.5. The number of cyclic esters (lactones) is 1. The molecule has 0 aromatic heterocycles. The molecule has 2 aliphatic heterocycles. The molecule has 0 saturated carbocycles. The summed E-state index contributed by atoms with van der Waals surface area (Å²) in [7, 11) is 3.91. The molecule has 6 unspecified atom stereocenters. The minimum Gasteiger partial charge on any atom is -0.465 e. The third kappa shape index (κ3) is 6.19. The first-order valence-electron chi connectivity index (χ1n) is 10.2. The molecule has 26 heavy (non-hydrogen) atoms. The average molecular weight is 372 g/mol. The highest BCUT2D eigenvalue weighted by atomic mass is 16.7. The van der Waals surface area contributed by atoms with Gasteiger partial charge < -0.3 is 24.2 Å². The average Bonchev–Trinajstić information content (AvgIpc) is 2.59. The molecule has 2 fully saturated rings. The molecule has 0 aromatic rings. The van der Waals surface area contributed by atoms with Gasteiger partial charge >= 0.3 is 5.97 Å². The molecule has 0 spiro atoms. The van der Waals surface area contributed by atoms with Crippen LogP contribution in [0.25, 0.3) is 0 Å². The molecule has 6 heteroatoms. The van der Waals surface area contributed by atoms with Gasteiger partial charge in [0.1, 0.15) is 6.10 Å². The number of carbonyl (C=O) groups excluding carboxylic acids is 1. The first kappa shape index (κ1) is 21.6. The maximum Gasteiger partial charge on any atom is 0.311 e. The lowest BCUT2D eigenvalue weighted by molar-refractivity contribution is -0.273. The molecule has 6 nitrogen and oxygen atoms in total. The van der Waals surface area contributed by atoms with Crippen LogP contribution >= 0.6 is 0 Å². The zero-order valence-corrected chi connectivity index (χ0v) is 16.9. The zero-order chi connectivity index (χ0) is 19.1. The lowest BCUT2D eigenvalue weighted by atomic mass is 9.96. The summed E-state index contributed by atoms with van der Waals surface area (Å²) in [5, 5.41) is 10.7. The molecule has 0 bridgehead atoms. The fraction of sp³-hybridized carbons (Fsp3) is 0.950. The van der Waals surface area contributed by atoms with Gasteiger partial charge in [0.2, 0.25) is 0 Å². The van der Waals surface area contributed by atoms with Gasteiger partial charge in [0.05, 0.1) is 24.7 Å². The molecule has 6 atom stereocenters. The Bertz CT molecular complexity index is 430. The van der Waals surface area contributed by atoms with Crippen LogP contribution in [0.2, 0.25) is 0 Å². The Morgan fingerprint density at radius 3 is 2.42 bits per heavy atom. The second kappa shape index (κ2) is 10.6. The molecule has 2 heterocycles. The number of carbonyl (C=O) groups is 1. The van der Waals surface area contributed by atoms with Gasteiger partial charge in [-0.25, -0.2) is 0 Å². The van der Waals surface area contributed by atoms with Crippen LogP contribution in [0.5, 0.6) is 0 Å². The summed E-state index contributed by atoms with van der Waals surface area (Å²) in [6, 6.07) is -0.0164. The number of aliphatic hydroxyl groups is 1. The number of aliphatic hydroxyl groups excluding tert-OH is 1. The summed E-state index contributed by atoms with van der Waals surface area (Å²) >= 11 is 0. The van der Waals surface area contributed by atoms with Crippen molar-refractivity contribution in [2.45, 2.75) is 95.9 Å². The Kier molecular flexibility index (Phi) is 8.80. The summed E-state index contributed by atoms with van der Waals surface area (Å²) in [5.41, 5.74) is 0. The van der Waals surface area contributed by atoms with Crippen molar-refractivity contribution in [3.8, 4) is 0 Å². The summed E-state index contributed by atoms with van der Waals surface area (Å²) in [6.07, 6.45) is 6.40. The lowest BCUT2D eigenvalue weighted by Crippen LogP contribution is -2.55. The SMILES string of the molecule is CC1CC(N(C)C)C(O)C(OC2CCCCCCCCOC(=O)C2C)O1. The van der Waals surface area contributed by atoms with E-state index in [1.165, 1.54) is 12.8 Å². The van der Waals surface area contributed by atoms with E-state index in [9.17, 15) is 9.90 Å². The lowest BCUT2D eigenvalue weighted by Gasteiger charge is -2.42. The van der Waals surface area contributed by atoms with Gasteiger partial charge in [-0.05, 0) is 47.2 Å². The van der Waals surface area contributed by atoms with Gasteiger partial charge in [0.15, 0.2) is 6.29 Å². The van der Waals surface area contributed by atoms with Crippen molar-refractivity contribution in [2.75, 3.05) is 20.7 Å². The second-order valence-electron chi connectivity index (χ2n) is 8.11. The van der Waals surface area contributed by atoms with Crippen molar-refractivity contribution in [3.05, 3.63) is 0 Å². The third-order valence-corrected chi connectivity index (χ3v) is 5.64. The molecule has 0 amide bonds. The summed E-state index contributed by atoms with van der Waals surface area (Å²) in [5.74, 6) is -0.571. The van der Waals surface area contributed by atoms with Gasteiger partial charge in [-0.3, -0.25) is 4.79 Å². The largest absolute Gasteiger partial charge is 0.465 e. The summed E-state index contributed by atoms with van der Waals surface area (Å²) in [4.78, 5) is 14.4. The van der Waals surface area contributed by atoms with Gasteiger partial charge in [0, 0.05) is 6.04 Å². The van der Waals surface area contributed by atoms with E-state index < -0.39 is 12.4 Å². The third-order valence-electron chi connectivity index (χ3n) is 5.64. The van der Waals surface area contributed by atoms with Crippen LogP contribution in [0.1, 0.15) is 65.2 Å². The predicted molar refractivity (Wildman–Crippen MR) is 99.7 cm³/mol. The monoisotopic (exact) mass is 371 g/mol. The van der Waals surface area contributed by atoms with Crippen LogP contribution in [-0.2, 0) is 19.0 Å². The molecule has 152 valence electrons. The number of hydrogen-bond donors (Lipinski definition) is 1. The number of ether oxygens (including phenoxy) is 3. The van der Waals surface area contributed by atoms with Crippen molar-refractivity contribution in [2.24, 2.45) is 5.92 Å². The van der Waals surface area contributed by atoms with Crippen LogP contribution in [0, 0.1) is 5.92 Å². The van der Waals surface area contributed by atoms with Gasteiger partial charge in [0.25, 0.3) is 0 Å². The Morgan fingerprint density at radius 2 is 1.73 bits per heavy atom. The van der Waals surface area contributed by atoms with E-state index in [2.05, 4.69) is 0 Å². The van der Waals surface area contributed by atoms with Gasteiger partial charge in [-0.2, -0.15) is 0 Å². The Balaban J connectivity index is 2.04. The first-order chi connectivity index (χ1) is 12.4. The molecule has 0 radical (unpaired) electrons. The van der Waals surface area contributed by atoms with Crippen molar-refractivity contribution < 1.29 is 24.1 Å². The minimum absolute atomic E-state index is 0.00398. The molecule has 2 aliphatic rings. The number of esters is 1. The molecule has 0 aliphatic carbocycles. The number of hydrogen-bond acceptors (Lipinski definition) is 6. The van der Waals surface area contributed by atoms with E-state index in [1.54, 1.807) is 0 Å². The molecule has 2 rings (SSSR count). The molecule has 2 saturated heterocycles. The number of likely N-dealkylation sites (N-methyl/N-ethyl adjacent to an activating group) is 1. The van der Waals surface area contributed by atoms with E-state index in [-0.39, 0.29) is 30.1 Å². The topological polar surface area (TPSA) is 68.2 Å². The van der Waals surface area contributed by atoms with Crippen molar-refractivity contribution in [1.82, 2.24) is 4.90 Å². The van der Waals surface area contributed by atoms with Crippen molar-refractivity contribution in [1.29, 1.82) is 0 Å². The highest BCUT2D eigenvalue weighted by Gasteiger charge is 2.40. The van der Waals surface area contributed by atoms with Crippen LogP contribution < -0.4 is 0 Å². The number of rotatable bonds is 3. The maximum absolute atomic E-state index is 12.4. The molecular weight excluding hydrogens is 334 g/mol. The van der Waals surface area contributed by atoms with Gasteiger partial charge in [-0.1, -0.05) is 32.1 Å². The molecule has 0 aromatic carbocycles. The zero-order valence-electron chi connectivity index (χ0n) is 16.9. The maximum atomic E-state index is 12.4. The fourth-order valence-electron chi connectivity index (χ4n) is 3.87. The normalized spacial score (nSPS) is 38.3. The van der Waals surface area contributed by atoms with E-state index in [0.29, 0.717) is 6.61 Å². The van der Waals surface area contributed by atoms with Crippen molar-refractivity contribution >= 4 is 5.97 Å². The standard InChI is InChI=1S/C20H37NO5/c1-14-13-16(21(3)4)18(22)20(25-14)26-17-11-9-7-5-6-8-10-12-24-19(23)15(17)2/h14-18,20,22H,5-13H2,1-4H3.